The molecule has 8 heteroatoms. The fourth-order valence-electron chi connectivity index (χ4n) is 2.13. The van der Waals surface area contributed by atoms with Gasteiger partial charge >= 0.3 is 0 Å². The van der Waals surface area contributed by atoms with Gasteiger partial charge in [0.2, 0.25) is 5.95 Å². The van der Waals surface area contributed by atoms with Crippen LogP contribution in [-0.2, 0) is 0 Å². The van der Waals surface area contributed by atoms with E-state index in [1.807, 2.05) is 24.3 Å². The zero-order valence-electron chi connectivity index (χ0n) is 13.7. The number of hydrogen-bond acceptors (Lipinski definition) is 5. The Bertz CT molecular complexity index is 933. The van der Waals surface area contributed by atoms with E-state index in [1.165, 1.54) is 12.4 Å². The maximum absolute atomic E-state index is 12.3. The van der Waals surface area contributed by atoms with Crippen molar-refractivity contribution >= 4 is 46.4 Å². The molecule has 0 saturated carbocycles. The lowest BCUT2D eigenvalue weighted by molar-refractivity contribution is 0.102. The molecule has 6 nitrogen and oxygen atoms in total. The van der Waals surface area contributed by atoms with Gasteiger partial charge in [-0.15, -0.1) is 0 Å². The molecule has 0 radical (unpaired) electrons. The van der Waals surface area contributed by atoms with E-state index in [1.54, 1.807) is 25.3 Å². The van der Waals surface area contributed by atoms with Crippen LogP contribution < -0.4 is 15.4 Å². The Morgan fingerprint density at radius 1 is 1.08 bits per heavy atom. The van der Waals surface area contributed by atoms with Gasteiger partial charge in [0.25, 0.3) is 5.91 Å². The summed E-state index contributed by atoms with van der Waals surface area (Å²) in [5.41, 5.74) is 1.48. The van der Waals surface area contributed by atoms with Crippen LogP contribution in [0, 0.1) is 0 Å². The van der Waals surface area contributed by atoms with E-state index in [0.717, 1.165) is 5.69 Å². The van der Waals surface area contributed by atoms with Gasteiger partial charge in [0, 0.05) is 24.1 Å². The van der Waals surface area contributed by atoms with Crippen molar-refractivity contribution < 1.29 is 9.53 Å². The highest BCUT2D eigenvalue weighted by Gasteiger charge is 2.11. The molecule has 1 heterocycles. The largest absolute Gasteiger partial charge is 0.497 e. The zero-order valence-corrected chi connectivity index (χ0v) is 15.2. The van der Waals surface area contributed by atoms with E-state index in [9.17, 15) is 4.79 Å². The molecule has 3 rings (SSSR count). The number of hydrogen-bond donors (Lipinski definition) is 2. The lowest BCUT2D eigenvalue weighted by Crippen LogP contribution is -2.13. The zero-order chi connectivity index (χ0) is 18.5. The third-order valence-corrected chi connectivity index (χ3v) is 4.26. The predicted octanol–water partition coefficient (Wildman–Crippen LogP) is 4.79. The molecule has 0 unspecified atom stereocenters. The molecular weight excluding hydrogens is 375 g/mol. The van der Waals surface area contributed by atoms with E-state index in [0.29, 0.717) is 22.4 Å². The Hall–Kier alpha value is -2.83. The summed E-state index contributed by atoms with van der Waals surface area (Å²) in [6.45, 7) is 0. The second-order valence-corrected chi connectivity index (χ2v) is 5.99. The molecule has 0 aliphatic rings. The minimum absolute atomic E-state index is 0.278. The highest BCUT2D eigenvalue weighted by molar-refractivity contribution is 6.44. The Labute approximate surface area is 160 Å². The summed E-state index contributed by atoms with van der Waals surface area (Å²) in [7, 11) is 1.59. The maximum Gasteiger partial charge on any atom is 0.258 e. The van der Waals surface area contributed by atoms with Gasteiger partial charge in [0.1, 0.15) is 5.75 Å². The molecule has 0 fully saturated rings. The summed E-state index contributed by atoms with van der Waals surface area (Å²) in [6.07, 6.45) is 2.84. The smallest absolute Gasteiger partial charge is 0.258 e. The van der Waals surface area contributed by atoms with E-state index in [4.69, 9.17) is 27.9 Å². The number of carbonyl (C=O) groups is 1. The van der Waals surface area contributed by atoms with E-state index in [2.05, 4.69) is 20.6 Å². The average Bonchev–Trinajstić information content (AvgIpc) is 2.66. The van der Waals surface area contributed by atoms with E-state index < -0.39 is 0 Å². The van der Waals surface area contributed by atoms with Crippen molar-refractivity contribution in [3.05, 3.63) is 70.5 Å². The molecule has 0 aliphatic heterocycles. The Morgan fingerprint density at radius 2 is 1.81 bits per heavy atom. The summed E-state index contributed by atoms with van der Waals surface area (Å²) >= 11 is 12.0. The fourth-order valence-corrected chi connectivity index (χ4v) is 2.48. The van der Waals surface area contributed by atoms with Gasteiger partial charge in [-0.3, -0.25) is 4.79 Å². The minimum Gasteiger partial charge on any atom is -0.497 e. The van der Waals surface area contributed by atoms with Gasteiger partial charge < -0.3 is 15.4 Å². The van der Waals surface area contributed by atoms with Crippen LogP contribution in [0.25, 0.3) is 0 Å². The summed E-state index contributed by atoms with van der Waals surface area (Å²) in [4.78, 5) is 20.6. The van der Waals surface area contributed by atoms with Crippen LogP contribution in [0.1, 0.15) is 10.4 Å². The summed E-state index contributed by atoms with van der Waals surface area (Å²) in [5.74, 6) is 0.682. The second kappa shape index (κ2) is 8.03. The molecule has 1 amide bonds. The lowest BCUT2D eigenvalue weighted by Gasteiger charge is -2.09. The number of aromatic nitrogens is 2. The normalized spacial score (nSPS) is 10.3. The van der Waals surface area contributed by atoms with Crippen molar-refractivity contribution in [1.82, 2.24) is 9.97 Å². The third-order valence-electron chi connectivity index (χ3n) is 3.44. The first-order valence-electron chi connectivity index (χ1n) is 7.55. The second-order valence-electron chi connectivity index (χ2n) is 5.21. The molecule has 0 bridgehead atoms. The van der Waals surface area contributed by atoms with Crippen LogP contribution >= 0.6 is 23.2 Å². The van der Waals surface area contributed by atoms with Crippen molar-refractivity contribution in [2.45, 2.75) is 0 Å². The molecule has 3 aromatic rings. The van der Waals surface area contributed by atoms with Crippen molar-refractivity contribution in [2.24, 2.45) is 0 Å². The number of rotatable bonds is 5. The van der Waals surface area contributed by atoms with Gasteiger partial charge in [-0.05, 0) is 24.3 Å². The number of methoxy groups -OCH3 is 1. The van der Waals surface area contributed by atoms with Crippen LogP contribution in [0.3, 0.4) is 0 Å². The molecule has 1 aromatic heterocycles. The Balaban J connectivity index is 1.70. The first kappa shape index (κ1) is 18.0. The summed E-state index contributed by atoms with van der Waals surface area (Å²) in [5, 5.41) is 6.36. The molecule has 26 heavy (non-hydrogen) atoms. The minimum atomic E-state index is -0.387. The summed E-state index contributed by atoms with van der Waals surface area (Å²) < 4.78 is 5.16. The highest BCUT2D eigenvalue weighted by atomic mass is 35.5. The predicted molar refractivity (Wildman–Crippen MR) is 103 cm³/mol. The van der Waals surface area contributed by atoms with Crippen molar-refractivity contribution in [3.8, 4) is 5.75 Å². The van der Waals surface area contributed by atoms with Gasteiger partial charge in [-0.2, -0.15) is 0 Å². The first-order chi connectivity index (χ1) is 12.6. The molecule has 2 N–H and O–H groups in total. The van der Waals surface area contributed by atoms with E-state index >= 15 is 0 Å². The SMILES string of the molecule is COc1cccc(Nc2ncc(C(=O)Nc3cccc(Cl)c3Cl)cn2)c1. The standard InChI is InChI=1S/C18H14Cl2N4O2/c1-26-13-5-2-4-12(8-13)23-18-21-9-11(10-22-18)17(25)24-15-7-3-6-14(19)16(15)20/h2-10H,1H3,(H,24,25)(H,21,22,23). The maximum atomic E-state index is 12.3. The number of benzene rings is 2. The van der Waals surface area contributed by atoms with Gasteiger partial charge in [-0.1, -0.05) is 35.3 Å². The lowest BCUT2D eigenvalue weighted by atomic mass is 10.2. The van der Waals surface area contributed by atoms with Crippen LogP contribution in [0.4, 0.5) is 17.3 Å². The molecule has 2 aromatic carbocycles. The number of ether oxygens (including phenoxy) is 1. The quantitative estimate of drug-likeness (QED) is 0.656. The number of nitrogens with one attached hydrogen (secondary N) is 2. The van der Waals surface area contributed by atoms with Gasteiger partial charge in [0.15, 0.2) is 0 Å². The van der Waals surface area contributed by atoms with Crippen LogP contribution in [0.2, 0.25) is 10.0 Å². The van der Waals surface area contributed by atoms with Crippen molar-refractivity contribution in [3.63, 3.8) is 0 Å². The monoisotopic (exact) mass is 388 g/mol. The number of anilines is 3. The number of carbonyl (C=O) groups excluding carboxylic acids is 1. The molecular formula is C18H14Cl2N4O2. The van der Waals surface area contributed by atoms with Crippen LogP contribution in [-0.4, -0.2) is 23.0 Å². The molecule has 0 aliphatic carbocycles. The molecule has 0 spiro atoms. The first-order valence-corrected chi connectivity index (χ1v) is 8.31. The number of amides is 1. The van der Waals surface area contributed by atoms with Crippen LogP contribution in [0.5, 0.6) is 5.75 Å². The van der Waals surface area contributed by atoms with Gasteiger partial charge in [0.05, 0.1) is 28.4 Å². The number of nitrogens with zero attached hydrogens (tertiary/aromatic N) is 2. The van der Waals surface area contributed by atoms with Crippen molar-refractivity contribution in [2.75, 3.05) is 17.7 Å². The average molecular weight is 389 g/mol. The number of halogens is 2. The third kappa shape index (κ3) is 4.22. The van der Waals surface area contributed by atoms with Gasteiger partial charge in [-0.25, -0.2) is 9.97 Å². The topological polar surface area (TPSA) is 76.1 Å². The van der Waals surface area contributed by atoms with Crippen LogP contribution in [0.15, 0.2) is 54.9 Å². The van der Waals surface area contributed by atoms with E-state index in [-0.39, 0.29) is 16.5 Å². The molecule has 132 valence electrons. The van der Waals surface area contributed by atoms with Crippen molar-refractivity contribution in [1.29, 1.82) is 0 Å². The summed E-state index contributed by atoms with van der Waals surface area (Å²) in [6, 6.07) is 12.3. The Morgan fingerprint density at radius 3 is 2.54 bits per heavy atom. The highest BCUT2D eigenvalue weighted by Crippen LogP contribution is 2.29. The molecule has 0 atom stereocenters. The Kier molecular flexibility index (Phi) is 5.55. The molecule has 0 saturated heterocycles. The fraction of sp³-hybridized carbons (Fsp3) is 0.0556.